The summed E-state index contributed by atoms with van der Waals surface area (Å²) >= 11 is 5.75. The van der Waals surface area contributed by atoms with Crippen molar-refractivity contribution in [1.29, 1.82) is 0 Å². The Labute approximate surface area is 118 Å². The van der Waals surface area contributed by atoms with Crippen molar-refractivity contribution in [3.05, 3.63) is 28.8 Å². The molecule has 0 heterocycles. The summed E-state index contributed by atoms with van der Waals surface area (Å²) in [6, 6.07) is 4.53. The van der Waals surface area contributed by atoms with Crippen molar-refractivity contribution in [3.8, 4) is 5.75 Å². The minimum Gasteiger partial charge on any atom is -0.545 e. The standard InChI is InChI=1S/C14H20ClNO3/c1-3-16(4-2)8-5-9-19-13-7-6-11(15)10-12(13)14(17)18/h6-7,10H,3-5,8-9H2,1-2H3,(H,17,18). The van der Waals surface area contributed by atoms with Crippen LogP contribution in [0, 0.1) is 0 Å². The minimum atomic E-state index is -1.27. The molecule has 0 aliphatic rings. The molecule has 0 saturated carbocycles. The van der Waals surface area contributed by atoms with Gasteiger partial charge in [0.05, 0.1) is 32.2 Å². The molecule has 0 aliphatic heterocycles. The fraction of sp³-hybridized carbons (Fsp3) is 0.500. The second-order valence-corrected chi connectivity index (χ2v) is 4.77. The first kappa shape index (κ1) is 15.8. The minimum absolute atomic E-state index is 0.00249. The lowest BCUT2D eigenvalue weighted by molar-refractivity contribution is -0.896. The van der Waals surface area contributed by atoms with Gasteiger partial charge in [-0.2, -0.15) is 0 Å². The Kier molecular flexibility index (Phi) is 6.67. The van der Waals surface area contributed by atoms with E-state index < -0.39 is 5.97 Å². The highest BCUT2D eigenvalue weighted by molar-refractivity contribution is 6.31. The van der Waals surface area contributed by atoms with E-state index in [0.717, 1.165) is 26.1 Å². The quantitative estimate of drug-likeness (QED) is 0.704. The highest BCUT2D eigenvalue weighted by Crippen LogP contribution is 2.22. The maximum Gasteiger partial charge on any atom is 0.128 e. The van der Waals surface area contributed by atoms with Crippen molar-refractivity contribution in [1.82, 2.24) is 0 Å². The summed E-state index contributed by atoms with van der Waals surface area (Å²) in [7, 11) is 0. The van der Waals surface area contributed by atoms with Gasteiger partial charge in [-0.05, 0) is 32.0 Å². The number of carbonyl (C=O) groups is 1. The lowest BCUT2D eigenvalue weighted by Crippen LogP contribution is -3.11. The van der Waals surface area contributed by atoms with Crippen molar-refractivity contribution in [3.63, 3.8) is 0 Å². The first-order chi connectivity index (χ1) is 9.08. The number of hydrogen-bond donors (Lipinski definition) is 1. The summed E-state index contributed by atoms with van der Waals surface area (Å²) in [6.07, 6.45) is 0.881. The van der Waals surface area contributed by atoms with Crippen LogP contribution >= 0.6 is 11.6 Å². The van der Waals surface area contributed by atoms with Crippen LogP contribution < -0.4 is 14.7 Å². The van der Waals surface area contributed by atoms with Gasteiger partial charge >= 0.3 is 0 Å². The number of carboxylic acid groups (broad SMARTS) is 1. The van der Waals surface area contributed by atoms with Crippen molar-refractivity contribution in [2.24, 2.45) is 0 Å². The number of aromatic carboxylic acids is 1. The maximum atomic E-state index is 11.0. The van der Waals surface area contributed by atoms with Gasteiger partial charge in [0.2, 0.25) is 0 Å². The lowest BCUT2D eigenvalue weighted by Gasteiger charge is -2.16. The molecule has 0 atom stereocenters. The molecule has 1 rings (SSSR count). The first-order valence-corrected chi connectivity index (χ1v) is 6.93. The Morgan fingerprint density at radius 1 is 1.37 bits per heavy atom. The van der Waals surface area contributed by atoms with Crippen LogP contribution in [0.5, 0.6) is 5.75 Å². The van der Waals surface area contributed by atoms with E-state index in [4.69, 9.17) is 16.3 Å². The number of rotatable bonds is 8. The molecule has 0 bridgehead atoms. The van der Waals surface area contributed by atoms with Crippen LogP contribution in [0.1, 0.15) is 30.6 Å². The van der Waals surface area contributed by atoms with Gasteiger partial charge in [-0.3, -0.25) is 0 Å². The van der Waals surface area contributed by atoms with Gasteiger partial charge in [0.15, 0.2) is 0 Å². The second-order valence-electron chi connectivity index (χ2n) is 4.34. The number of carbonyl (C=O) groups excluding carboxylic acids is 1. The maximum absolute atomic E-state index is 11.0. The molecular formula is C14H20ClNO3. The number of ether oxygens (including phenoxy) is 1. The van der Waals surface area contributed by atoms with Crippen LogP contribution in [0.3, 0.4) is 0 Å². The van der Waals surface area contributed by atoms with Crippen molar-refractivity contribution in [2.75, 3.05) is 26.2 Å². The molecule has 0 amide bonds. The van der Waals surface area contributed by atoms with E-state index in [-0.39, 0.29) is 5.56 Å². The van der Waals surface area contributed by atoms with E-state index in [1.54, 1.807) is 12.1 Å². The first-order valence-electron chi connectivity index (χ1n) is 6.55. The number of nitrogens with one attached hydrogen (secondary N) is 1. The molecule has 1 aromatic rings. The van der Waals surface area contributed by atoms with E-state index in [0.29, 0.717) is 17.4 Å². The molecule has 1 N–H and O–H groups in total. The zero-order chi connectivity index (χ0) is 14.3. The Morgan fingerprint density at radius 3 is 2.63 bits per heavy atom. The summed E-state index contributed by atoms with van der Waals surface area (Å²) in [5.41, 5.74) is 0.00249. The second kappa shape index (κ2) is 8.02. The molecule has 0 radical (unpaired) electrons. The molecule has 0 unspecified atom stereocenters. The van der Waals surface area contributed by atoms with E-state index in [1.807, 2.05) is 0 Å². The van der Waals surface area contributed by atoms with Gasteiger partial charge in [0.1, 0.15) is 5.75 Å². The molecule has 0 spiro atoms. The van der Waals surface area contributed by atoms with Crippen LogP contribution in [0.15, 0.2) is 18.2 Å². The highest BCUT2D eigenvalue weighted by atomic mass is 35.5. The van der Waals surface area contributed by atoms with Crippen molar-refractivity contribution in [2.45, 2.75) is 20.3 Å². The summed E-state index contributed by atoms with van der Waals surface area (Å²) in [4.78, 5) is 12.5. The molecule has 1 aromatic carbocycles. The van der Waals surface area contributed by atoms with Gasteiger partial charge in [0.25, 0.3) is 0 Å². The molecule has 0 saturated heterocycles. The Balaban J connectivity index is 2.51. The van der Waals surface area contributed by atoms with Crippen LogP contribution in [-0.4, -0.2) is 32.2 Å². The molecule has 0 aliphatic carbocycles. The summed E-state index contributed by atoms with van der Waals surface area (Å²) in [5, 5.41) is 11.3. The molecule has 19 heavy (non-hydrogen) atoms. The zero-order valence-corrected chi connectivity index (χ0v) is 12.1. The fourth-order valence-electron chi connectivity index (χ4n) is 1.90. The van der Waals surface area contributed by atoms with Crippen LogP contribution in [0.2, 0.25) is 5.02 Å². The smallest absolute Gasteiger partial charge is 0.128 e. The van der Waals surface area contributed by atoms with Crippen LogP contribution in [0.25, 0.3) is 0 Å². The van der Waals surface area contributed by atoms with E-state index in [1.165, 1.54) is 11.0 Å². The van der Waals surface area contributed by atoms with Gasteiger partial charge in [0, 0.05) is 17.0 Å². The summed E-state index contributed by atoms with van der Waals surface area (Å²) < 4.78 is 5.50. The molecular weight excluding hydrogens is 266 g/mol. The van der Waals surface area contributed by atoms with Gasteiger partial charge in [-0.25, -0.2) is 0 Å². The van der Waals surface area contributed by atoms with Crippen LogP contribution in [-0.2, 0) is 0 Å². The van der Waals surface area contributed by atoms with Gasteiger partial charge in [-0.1, -0.05) is 11.6 Å². The Morgan fingerprint density at radius 2 is 2.05 bits per heavy atom. The number of hydrogen-bond acceptors (Lipinski definition) is 3. The average molecular weight is 286 g/mol. The summed E-state index contributed by atoms with van der Waals surface area (Å²) in [6.45, 7) is 7.97. The van der Waals surface area contributed by atoms with Crippen molar-refractivity contribution < 1.29 is 19.5 Å². The highest BCUT2D eigenvalue weighted by Gasteiger charge is 2.07. The average Bonchev–Trinajstić information content (AvgIpc) is 2.40. The molecule has 106 valence electrons. The SMILES string of the molecule is CC[NH+](CC)CCCOc1ccc(Cl)cc1C(=O)[O-]. The van der Waals surface area contributed by atoms with Gasteiger partial charge < -0.3 is 19.5 Å². The number of halogens is 1. The molecule has 0 aromatic heterocycles. The summed E-state index contributed by atoms with van der Waals surface area (Å²) in [5.74, 6) is -0.953. The zero-order valence-electron chi connectivity index (χ0n) is 11.4. The normalized spacial score (nSPS) is 10.7. The monoisotopic (exact) mass is 285 g/mol. The lowest BCUT2D eigenvalue weighted by atomic mass is 10.2. The number of benzene rings is 1. The third-order valence-corrected chi connectivity index (χ3v) is 3.33. The Hall–Kier alpha value is -1.26. The fourth-order valence-corrected chi connectivity index (χ4v) is 2.07. The third kappa shape index (κ3) is 5.09. The topological polar surface area (TPSA) is 53.8 Å². The molecule has 5 heteroatoms. The number of quaternary nitrogens is 1. The van der Waals surface area contributed by atoms with E-state index >= 15 is 0 Å². The van der Waals surface area contributed by atoms with Crippen molar-refractivity contribution >= 4 is 17.6 Å². The molecule has 0 fully saturated rings. The van der Waals surface area contributed by atoms with E-state index in [9.17, 15) is 9.90 Å². The van der Waals surface area contributed by atoms with Gasteiger partial charge in [-0.15, -0.1) is 0 Å². The van der Waals surface area contributed by atoms with Crippen LogP contribution in [0.4, 0.5) is 0 Å². The number of carboxylic acids is 1. The van der Waals surface area contributed by atoms with E-state index in [2.05, 4.69) is 13.8 Å². The molecule has 4 nitrogen and oxygen atoms in total. The predicted molar refractivity (Wildman–Crippen MR) is 72.8 cm³/mol. The largest absolute Gasteiger partial charge is 0.545 e. The Bertz CT molecular complexity index is 419. The third-order valence-electron chi connectivity index (χ3n) is 3.09. The predicted octanol–water partition coefficient (Wildman–Crippen LogP) is 0.397.